The summed E-state index contributed by atoms with van der Waals surface area (Å²) in [5, 5.41) is 0. The zero-order valence-electron chi connectivity index (χ0n) is 13.2. The van der Waals surface area contributed by atoms with Crippen molar-refractivity contribution in [3.8, 4) is 22.6 Å². The number of ether oxygens (including phenoxy) is 1. The number of Topliss-reactive ketones (excluding diaryl/α,β-unsaturated/α-hetero) is 1. The Hall–Kier alpha value is -2.87. The molecule has 0 spiro atoms. The summed E-state index contributed by atoms with van der Waals surface area (Å²) >= 11 is 0. The van der Waals surface area contributed by atoms with Crippen LogP contribution in [-0.4, -0.2) is 5.78 Å². The van der Waals surface area contributed by atoms with Crippen molar-refractivity contribution in [2.45, 2.75) is 13.8 Å². The van der Waals surface area contributed by atoms with Crippen LogP contribution in [0.15, 0.2) is 72.8 Å². The minimum absolute atomic E-state index is 0.0752. The molecule has 0 fully saturated rings. The number of aryl methyl sites for hydroxylation is 1. The monoisotopic (exact) mass is 302 g/mol. The minimum atomic E-state index is 0.0752. The van der Waals surface area contributed by atoms with Gasteiger partial charge in [-0.25, -0.2) is 0 Å². The molecule has 0 aliphatic rings. The van der Waals surface area contributed by atoms with Crippen LogP contribution in [0.25, 0.3) is 11.1 Å². The van der Waals surface area contributed by atoms with E-state index in [1.165, 1.54) is 5.56 Å². The summed E-state index contributed by atoms with van der Waals surface area (Å²) in [6, 6.07) is 23.5. The Morgan fingerprint density at radius 3 is 2.00 bits per heavy atom. The van der Waals surface area contributed by atoms with E-state index >= 15 is 0 Å². The third-order valence-corrected chi connectivity index (χ3v) is 3.71. The fraction of sp³-hybridized carbons (Fsp3) is 0.0952. The molecule has 0 saturated heterocycles. The van der Waals surface area contributed by atoms with E-state index in [0.29, 0.717) is 0 Å². The predicted octanol–water partition coefficient (Wildman–Crippen LogP) is 5.66. The van der Waals surface area contributed by atoms with Crippen molar-refractivity contribution in [2.24, 2.45) is 0 Å². The van der Waals surface area contributed by atoms with Crippen LogP contribution in [0.5, 0.6) is 11.5 Å². The van der Waals surface area contributed by atoms with Crippen LogP contribution >= 0.6 is 0 Å². The highest BCUT2D eigenvalue weighted by Gasteiger charge is 2.03. The normalized spacial score (nSPS) is 10.3. The van der Waals surface area contributed by atoms with Crippen molar-refractivity contribution in [2.75, 3.05) is 0 Å². The second-order valence-corrected chi connectivity index (χ2v) is 5.58. The van der Waals surface area contributed by atoms with Crippen molar-refractivity contribution in [1.82, 2.24) is 0 Å². The summed E-state index contributed by atoms with van der Waals surface area (Å²) in [4.78, 5) is 11.5. The maximum absolute atomic E-state index is 11.5. The lowest BCUT2D eigenvalue weighted by atomic mass is 10.0. The molecule has 0 saturated carbocycles. The van der Waals surface area contributed by atoms with Crippen molar-refractivity contribution in [1.29, 1.82) is 0 Å². The highest BCUT2D eigenvalue weighted by atomic mass is 16.5. The molecule has 23 heavy (non-hydrogen) atoms. The van der Waals surface area contributed by atoms with Crippen LogP contribution in [0.1, 0.15) is 22.8 Å². The van der Waals surface area contributed by atoms with E-state index in [9.17, 15) is 4.79 Å². The molecule has 3 aromatic carbocycles. The summed E-state index contributed by atoms with van der Waals surface area (Å²) in [7, 11) is 0. The van der Waals surface area contributed by atoms with E-state index in [4.69, 9.17) is 4.74 Å². The Morgan fingerprint density at radius 1 is 0.783 bits per heavy atom. The average Bonchev–Trinajstić information content (AvgIpc) is 2.58. The van der Waals surface area contributed by atoms with Crippen LogP contribution in [0.2, 0.25) is 0 Å². The van der Waals surface area contributed by atoms with Gasteiger partial charge in [0, 0.05) is 5.56 Å². The van der Waals surface area contributed by atoms with Gasteiger partial charge in [0.25, 0.3) is 0 Å². The van der Waals surface area contributed by atoms with Gasteiger partial charge in [-0.1, -0.05) is 48.0 Å². The third kappa shape index (κ3) is 3.67. The molecule has 0 bridgehead atoms. The fourth-order valence-electron chi connectivity index (χ4n) is 2.38. The molecule has 3 aromatic rings. The third-order valence-electron chi connectivity index (χ3n) is 3.71. The standard InChI is InChI=1S/C21H18O2/c1-15-6-10-20(11-7-15)23-21-12-8-17(9-13-21)19-5-3-4-18(14-19)16(2)22/h3-14H,1-2H3. The molecule has 0 aliphatic heterocycles. The van der Waals surface area contributed by atoms with Gasteiger partial charge in [-0.3, -0.25) is 4.79 Å². The van der Waals surface area contributed by atoms with Crippen LogP contribution in [0, 0.1) is 6.92 Å². The quantitative estimate of drug-likeness (QED) is 0.581. The number of hydrogen-bond acceptors (Lipinski definition) is 2. The Morgan fingerprint density at radius 2 is 1.39 bits per heavy atom. The zero-order chi connectivity index (χ0) is 16.2. The summed E-state index contributed by atoms with van der Waals surface area (Å²) in [5.41, 5.74) is 4.02. The van der Waals surface area contributed by atoms with Gasteiger partial charge in [-0.15, -0.1) is 0 Å². The van der Waals surface area contributed by atoms with Crippen molar-refractivity contribution < 1.29 is 9.53 Å². The van der Waals surface area contributed by atoms with Crippen LogP contribution in [0.4, 0.5) is 0 Å². The van der Waals surface area contributed by atoms with Crippen LogP contribution < -0.4 is 4.74 Å². The first kappa shape index (κ1) is 15.0. The van der Waals surface area contributed by atoms with Crippen molar-refractivity contribution in [3.63, 3.8) is 0 Å². The second-order valence-electron chi connectivity index (χ2n) is 5.58. The molecule has 0 unspecified atom stereocenters. The van der Waals surface area contributed by atoms with E-state index in [0.717, 1.165) is 28.2 Å². The lowest BCUT2D eigenvalue weighted by Gasteiger charge is -2.08. The highest BCUT2D eigenvalue weighted by Crippen LogP contribution is 2.26. The summed E-state index contributed by atoms with van der Waals surface area (Å²) in [5.74, 6) is 1.69. The number of hydrogen-bond donors (Lipinski definition) is 0. The molecule has 0 atom stereocenters. The van der Waals surface area contributed by atoms with Crippen LogP contribution in [-0.2, 0) is 0 Å². The van der Waals surface area contributed by atoms with Gasteiger partial charge >= 0.3 is 0 Å². The Labute approximate surface area is 136 Å². The van der Waals surface area contributed by atoms with Gasteiger partial charge in [0.05, 0.1) is 0 Å². The van der Waals surface area contributed by atoms with Gasteiger partial charge in [0.15, 0.2) is 5.78 Å². The first-order chi connectivity index (χ1) is 11.1. The maximum Gasteiger partial charge on any atom is 0.159 e. The van der Waals surface area contributed by atoms with Crippen LogP contribution in [0.3, 0.4) is 0 Å². The predicted molar refractivity (Wildman–Crippen MR) is 93.1 cm³/mol. The molecule has 2 heteroatoms. The summed E-state index contributed by atoms with van der Waals surface area (Å²) in [6.45, 7) is 3.63. The van der Waals surface area contributed by atoms with E-state index in [1.807, 2.05) is 79.7 Å². The Balaban J connectivity index is 1.80. The highest BCUT2D eigenvalue weighted by molar-refractivity contribution is 5.95. The molecule has 2 nitrogen and oxygen atoms in total. The van der Waals surface area contributed by atoms with Crippen molar-refractivity contribution in [3.05, 3.63) is 83.9 Å². The van der Waals surface area contributed by atoms with Gasteiger partial charge in [0.1, 0.15) is 11.5 Å². The minimum Gasteiger partial charge on any atom is -0.457 e. The van der Waals surface area contributed by atoms with E-state index in [2.05, 4.69) is 0 Å². The second kappa shape index (κ2) is 6.49. The molecular formula is C21H18O2. The molecule has 0 aromatic heterocycles. The van der Waals surface area contributed by atoms with Crippen molar-refractivity contribution >= 4 is 5.78 Å². The summed E-state index contributed by atoms with van der Waals surface area (Å²) in [6.07, 6.45) is 0. The smallest absolute Gasteiger partial charge is 0.159 e. The molecule has 3 rings (SSSR count). The molecule has 114 valence electrons. The van der Waals surface area contributed by atoms with E-state index < -0.39 is 0 Å². The number of carbonyl (C=O) groups excluding carboxylic acids is 1. The first-order valence-corrected chi connectivity index (χ1v) is 7.58. The molecule has 0 aliphatic carbocycles. The number of ketones is 1. The molecule has 0 amide bonds. The zero-order valence-corrected chi connectivity index (χ0v) is 13.2. The molecule has 0 N–H and O–H groups in total. The number of benzene rings is 3. The molecule has 0 radical (unpaired) electrons. The lowest BCUT2D eigenvalue weighted by Crippen LogP contribution is -1.91. The average molecular weight is 302 g/mol. The van der Waals surface area contributed by atoms with Gasteiger partial charge in [-0.2, -0.15) is 0 Å². The number of carbonyl (C=O) groups is 1. The van der Waals surface area contributed by atoms with E-state index in [1.54, 1.807) is 6.92 Å². The lowest BCUT2D eigenvalue weighted by molar-refractivity contribution is 0.101. The topological polar surface area (TPSA) is 26.3 Å². The maximum atomic E-state index is 11.5. The fourth-order valence-corrected chi connectivity index (χ4v) is 2.38. The van der Waals surface area contributed by atoms with Gasteiger partial charge in [-0.05, 0) is 55.3 Å². The first-order valence-electron chi connectivity index (χ1n) is 7.58. The summed E-state index contributed by atoms with van der Waals surface area (Å²) < 4.78 is 5.83. The van der Waals surface area contributed by atoms with Gasteiger partial charge in [0.2, 0.25) is 0 Å². The Bertz CT molecular complexity index is 815. The van der Waals surface area contributed by atoms with E-state index in [-0.39, 0.29) is 5.78 Å². The molecular weight excluding hydrogens is 284 g/mol. The SMILES string of the molecule is CC(=O)c1cccc(-c2ccc(Oc3ccc(C)cc3)cc2)c1. The molecule has 0 heterocycles. The van der Waals surface area contributed by atoms with Gasteiger partial charge < -0.3 is 4.74 Å². The number of rotatable bonds is 4. The largest absolute Gasteiger partial charge is 0.457 e. The Kier molecular flexibility index (Phi) is 4.24.